The molecule has 0 radical (unpaired) electrons. The lowest BCUT2D eigenvalue weighted by molar-refractivity contribution is -0.117. The zero-order valence-electron chi connectivity index (χ0n) is 12.7. The molecule has 1 atom stereocenters. The van der Waals surface area contributed by atoms with Crippen molar-refractivity contribution in [2.24, 2.45) is 0 Å². The first-order valence-electron chi connectivity index (χ1n) is 7.51. The fourth-order valence-electron chi connectivity index (χ4n) is 2.33. The van der Waals surface area contributed by atoms with Crippen LogP contribution in [-0.2, 0) is 16.1 Å². The van der Waals surface area contributed by atoms with Crippen molar-refractivity contribution in [1.82, 2.24) is 10.3 Å². The number of ether oxygens (including phenoxy) is 2. The molecule has 1 aromatic heterocycles. The van der Waals surface area contributed by atoms with Crippen LogP contribution in [0.15, 0.2) is 35.2 Å². The van der Waals surface area contributed by atoms with Gasteiger partial charge in [0.15, 0.2) is 0 Å². The van der Waals surface area contributed by atoms with Crippen molar-refractivity contribution >= 4 is 22.9 Å². The SMILES string of the molecule is O=C(CC1COCCN1)Nc1ccccc1OCc1cscn1. The lowest BCUT2D eigenvalue weighted by Gasteiger charge is -2.23. The summed E-state index contributed by atoms with van der Waals surface area (Å²) in [7, 11) is 0. The highest BCUT2D eigenvalue weighted by atomic mass is 32.1. The van der Waals surface area contributed by atoms with Crippen molar-refractivity contribution in [2.45, 2.75) is 19.1 Å². The van der Waals surface area contributed by atoms with Crippen molar-refractivity contribution < 1.29 is 14.3 Å². The fraction of sp³-hybridized carbons (Fsp3) is 0.375. The van der Waals surface area contributed by atoms with Gasteiger partial charge in [0.2, 0.25) is 5.91 Å². The first kappa shape index (κ1) is 15.9. The lowest BCUT2D eigenvalue weighted by atomic mass is 10.2. The highest BCUT2D eigenvalue weighted by Crippen LogP contribution is 2.25. The first-order valence-corrected chi connectivity index (χ1v) is 8.45. The number of rotatable bonds is 6. The summed E-state index contributed by atoms with van der Waals surface area (Å²) in [5, 5.41) is 8.12. The van der Waals surface area contributed by atoms with Crippen LogP contribution >= 0.6 is 11.3 Å². The van der Waals surface area contributed by atoms with E-state index in [1.807, 2.05) is 29.6 Å². The summed E-state index contributed by atoms with van der Waals surface area (Å²) in [4.78, 5) is 16.4. The molecule has 0 saturated carbocycles. The van der Waals surface area contributed by atoms with Gasteiger partial charge >= 0.3 is 0 Å². The van der Waals surface area contributed by atoms with Gasteiger partial charge in [-0.05, 0) is 12.1 Å². The Morgan fingerprint density at radius 2 is 2.39 bits per heavy atom. The second-order valence-electron chi connectivity index (χ2n) is 5.24. The average Bonchev–Trinajstić information content (AvgIpc) is 3.08. The molecule has 0 spiro atoms. The number of carbonyl (C=O) groups excluding carboxylic acids is 1. The number of nitrogens with one attached hydrogen (secondary N) is 2. The zero-order chi connectivity index (χ0) is 15.9. The number of amides is 1. The zero-order valence-corrected chi connectivity index (χ0v) is 13.5. The Morgan fingerprint density at radius 1 is 1.48 bits per heavy atom. The van der Waals surface area contributed by atoms with Crippen LogP contribution < -0.4 is 15.4 Å². The molecule has 1 aromatic carbocycles. The molecule has 1 amide bonds. The van der Waals surface area contributed by atoms with Gasteiger partial charge in [0.25, 0.3) is 0 Å². The minimum atomic E-state index is -0.0577. The summed E-state index contributed by atoms with van der Waals surface area (Å²) >= 11 is 1.53. The van der Waals surface area contributed by atoms with Crippen LogP contribution in [0.5, 0.6) is 5.75 Å². The quantitative estimate of drug-likeness (QED) is 0.846. The van der Waals surface area contributed by atoms with Gasteiger partial charge in [-0.15, -0.1) is 11.3 Å². The van der Waals surface area contributed by atoms with Crippen LogP contribution in [0.25, 0.3) is 0 Å². The minimum Gasteiger partial charge on any atom is -0.485 e. The third-order valence-corrected chi connectivity index (χ3v) is 4.09. The molecule has 7 heteroatoms. The number of morpholine rings is 1. The van der Waals surface area contributed by atoms with E-state index in [0.717, 1.165) is 12.2 Å². The van der Waals surface area contributed by atoms with Crippen LogP contribution in [0.3, 0.4) is 0 Å². The van der Waals surface area contributed by atoms with Gasteiger partial charge in [0, 0.05) is 24.4 Å². The Balaban J connectivity index is 1.57. The molecule has 2 N–H and O–H groups in total. The number of anilines is 1. The monoisotopic (exact) mass is 333 g/mol. The van der Waals surface area contributed by atoms with E-state index in [4.69, 9.17) is 9.47 Å². The van der Waals surface area contributed by atoms with E-state index in [-0.39, 0.29) is 11.9 Å². The molecule has 1 aliphatic rings. The number of hydrogen-bond donors (Lipinski definition) is 2. The smallest absolute Gasteiger partial charge is 0.226 e. The van der Waals surface area contributed by atoms with Gasteiger partial charge in [0.1, 0.15) is 12.4 Å². The van der Waals surface area contributed by atoms with E-state index in [1.165, 1.54) is 11.3 Å². The largest absolute Gasteiger partial charge is 0.485 e. The van der Waals surface area contributed by atoms with E-state index in [0.29, 0.717) is 37.7 Å². The van der Waals surface area contributed by atoms with Crippen LogP contribution in [0.1, 0.15) is 12.1 Å². The summed E-state index contributed by atoms with van der Waals surface area (Å²) in [6, 6.07) is 7.48. The van der Waals surface area contributed by atoms with Crippen molar-refractivity contribution in [3.63, 3.8) is 0 Å². The van der Waals surface area contributed by atoms with E-state index in [2.05, 4.69) is 15.6 Å². The molecule has 1 saturated heterocycles. The second kappa shape index (κ2) is 8.05. The molecule has 122 valence electrons. The molecule has 2 aromatic rings. The summed E-state index contributed by atoms with van der Waals surface area (Å²) in [5.74, 6) is 0.583. The van der Waals surface area contributed by atoms with Crippen LogP contribution in [-0.4, -0.2) is 36.7 Å². The normalized spacial score (nSPS) is 17.7. The maximum atomic E-state index is 12.2. The molecule has 1 fully saturated rings. The number of benzene rings is 1. The Bertz CT molecular complexity index is 627. The molecule has 0 bridgehead atoms. The van der Waals surface area contributed by atoms with Crippen LogP contribution in [0, 0.1) is 0 Å². The number of thiazole rings is 1. The average molecular weight is 333 g/mol. The maximum absolute atomic E-state index is 12.2. The molecule has 1 unspecified atom stereocenters. The molecule has 0 aliphatic carbocycles. The summed E-state index contributed by atoms with van der Waals surface area (Å²) in [5.41, 5.74) is 3.31. The molecule has 3 rings (SSSR count). The first-order chi connectivity index (χ1) is 11.3. The molecule has 6 nitrogen and oxygen atoms in total. The summed E-state index contributed by atoms with van der Waals surface area (Å²) in [6.45, 7) is 2.43. The number of hydrogen-bond acceptors (Lipinski definition) is 6. The van der Waals surface area contributed by atoms with Crippen LogP contribution in [0.2, 0.25) is 0 Å². The molecule has 1 aliphatic heterocycles. The van der Waals surface area contributed by atoms with E-state index >= 15 is 0 Å². The van der Waals surface area contributed by atoms with Crippen LogP contribution in [0.4, 0.5) is 5.69 Å². The van der Waals surface area contributed by atoms with Gasteiger partial charge in [-0.25, -0.2) is 4.98 Å². The van der Waals surface area contributed by atoms with E-state index < -0.39 is 0 Å². The number of para-hydroxylation sites is 2. The van der Waals surface area contributed by atoms with E-state index in [9.17, 15) is 4.79 Å². The third kappa shape index (κ3) is 4.75. The predicted octanol–water partition coefficient (Wildman–Crippen LogP) is 2.04. The molecular formula is C16H19N3O3S. The van der Waals surface area contributed by atoms with E-state index in [1.54, 1.807) is 5.51 Å². The van der Waals surface area contributed by atoms with Crippen molar-refractivity contribution in [3.8, 4) is 5.75 Å². The fourth-order valence-corrected chi connectivity index (χ4v) is 2.88. The van der Waals surface area contributed by atoms with Gasteiger partial charge in [-0.3, -0.25) is 4.79 Å². The van der Waals surface area contributed by atoms with Crippen molar-refractivity contribution in [3.05, 3.63) is 40.8 Å². The molecular weight excluding hydrogens is 314 g/mol. The Kier molecular flexibility index (Phi) is 5.57. The maximum Gasteiger partial charge on any atom is 0.226 e. The van der Waals surface area contributed by atoms with Gasteiger partial charge < -0.3 is 20.1 Å². The number of carbonyl (C=O) groups is 1. The number of aromatic nitrogens is 1. The van der Waals surface area contributed by atoms with Gasteiger partial charge in [-0.1, -0.05) is 12.1 Å². The molecule has 23 heavy (non-hydrogen) atoms. The second-order valence-corrected chi connectivity index (χ2v) is 5.96. The Labute approximate surface area is 138 Å². The lowest BCUT2D eigenvalue weighted by Crippen LogP contribution is -2.43. The third-order valence-electron chi connectivity index (χ3n) is 3.45. The van der Waals surface area contributed by atoms with Gasteiger partial charge in [0.05, 0.1) is 30.1 Å². The van der Waals surface area contributed by atoms with Crippen molar-refractivity contribution in [1.29, 1.82) is 0 Å². The minimum absolute atomic E-state index is 0.0577. The Hall–Kier alpha value is -1.96. The topological polar surface area (TPSA) is 72.5 Å². The standard InChI is InChI=1S/C16H19N3O3S/c20-16(7-12-8-21-6-5-17-12)19-14-3-1-2-4-15(14)22-9-13-10-23-11-18-13/h1-4,10-12,17H,5-9H2,(H,19,20). The highest BCUT2D eigenvalue weighted by Gasteiger charge is 2.17. The molecule has 2 heterocycles. The Morgan fingerprint density at radius 3 is 3.17 bits per heavy atom. The predicted molar refractivity (Wildman–Crippen MR) is 88.7 cm³/mol. The van der Waals surface area contributed by atoms with Gasteiger partial charge in [-0.2, -0.15) is 0 Å². The summed E-state index contributed by atoms with van der Waals surface area (Å²) in [6.07, 6.45) is 0.375. The number of nitrogens with zero attached hydrogens (tertiary/aromatic N) is 1. The highest BCUT2D eigenvalue weighted by molar-refractivity contribution is 7.07. The summed E-state index contributed by atoms with van der Waals surface area (Å²) < 4.78 is 11.1. The van der Waals surface area contributed by atoms with Crippen molar-refractivity contribution in [2.75, 3.05) is 25.1 Å².